The summed E-state index contributed by atoms with van der Waals surface area (Å²) in [4.78, 5) is 20.1. The highest BCUT2D eigenvalue weighted by Gasteiger charge is 2.35. The Labute approximate surface area is 138 Å². The predicted octanol–water partition coefficient (Wildman–Crippen LogP) is 3.68. The van der Waals surface area contributed by atoms with E-state index in [4.69, 9.17) is 4.74 Å². The lowest BCUT2D eigenvalue weighted by molar-refractivity contribution is 0.0750. The van der Waals surface area contributed by atoms with Crippen molar-refractivity contribution in [2.24, 2.45) is 0 Å². The van der Waals surface area contributed by atoms with Gasteiger partial charge in [0.05, 0.1) is 12.3 Å². The van der Waals surface area contributed by atoms with E-state index in [0.29, 0.717) is 12.5 Å². The molecule has 6 heteroatoms. The molecule has 0 N–H and O–H groups in total. The summed E-state index contributed by atoms with van der Waals surface area (Å²) in [5, 5.41) is 5.17. The van der Waals surface area contributed by atoms with Gasteiger partial charge in [-0.15, -0.1) is 11.3 Å². The second-order valence-electron chi connectivity index (χ2n) is 5.75. The summed E-state index contributed by atoms with van der Waals surface area (Å²) in [6, 6.07) is 2.44. The Kier molecular flexibility index (Phi) is 4.61. The van der Waals surface area contributed by atoms with E-state index in [2.05, 4.69) is 28.7 Å². The average molecular weight is 336 g/mol. The molecule has 0 bridgehead atoms. The molecule has 2 aromatic heterocycles. The number of aromatic nitrogens is 1. The van der Waals surface area contributed by atoms with Gasteiger partial charge in [-0.05, 0) is 42.7 Å². The van der Waals surface area contributed by atoms with Gasteiger partial charge >= 0.3 is 0 Å². The summed E-state index contributed by atoms with van der Waals surface area (Å²) in [6.45, 7) is 5.30. The molecule has 1 fully saturated rings. The van der Waals surface area contributed by atoms with Crippen LogP contribution in [-0.4, -0.2) is 35.5 Å². The number of thiophene rings is 1. The Morgan fingerprint density at radius 3 is 3.05 bits per heavy atom. The van der Waals surface area contributed by atoms with Crippen molar-refractivity contribution in [1.29, 1.82) is 0 Å². The standard InChI is InChI=1S/C16H20N2O2S2/c1-10-6-13(12-4-5-21-9-12)7-18(10)16(19)15-11(2)17-14(22-15)8-20-3/h4-5,9-10,13H,6-8H2,1-3H3/t10-,13-/m1/s1. The lowest BCUT2D eigenvalue weighted by Gasteiger charge is -2.20. The van der Waals surface area contributed by atoms with Gasteiger partial charge in [-0.3, -0.25) is 4.79 Å². The summed E-state index contributed by atoms with van der Waals surface area (Å²) in [5.74, 6) is 0.569. The molecular weight excluding hydrogens is 316 g/mol. The van der Waals surface area contributed by atoms with Crippen LogP contribution in [0, 0.1) is 6.92 Å². The molecule has 118 valence electrons. The first-order valence-corrected chi connectivity index (χ1v) is 9.14. The fourth-order valence-electron chi connectivity index (χ4n) is 3.03. The van der Waals surface area contributed by atoms with Gasteiger partial charge < -0.3 is 9.64 Å². The Bertz CT molecular complexity index is 651. The first kappa shape index (κ1) is 15.6. The Morgan fingerprint density at radius 2 is 2.36 bits per heavy atom. The monoisotopic (exact) mass is 336 g/mol. The average Bonchev–Trinajstić information content (AvgIpc) is 3.18. The molecule has 0 spiro atoms. The summed E-state index contributed by atoms with van der Waals surface area (Å²) in [6.07, 6.45) is 1.03. The number of rotatable bonds is 4. The van der Waals surface area contributed by atoms with Crippen molar-refractivity contribution in [3.05, 3.63) is 38.0 Å². The molecule has 0 saturated carbocycles. The van der Waals surface area contributed by atoms with Crippen LogP contribution in [0.3, 0.4) is 0 Å². The van der Waals surface area contributed by atoms with Crippen LogP contribution in [0.15, 0.2) is 16.8 Å². The van der Waals surface area contributed by atoms with Crippen molar-refractivity contribution in [3.63, 3.8) is 0 Å². The van der Waals surface area contributed by atoms with E-state index in [9.17, 15) is 4.79 Å². The molecule has 1 aliphatic heterocycles. The van der Waals surface area contributed by atoms with Gasteiger partial charge in [0.15, 0.2) is 0 Å². The van der Waals surface area contributed by atoms with E-state index in [0.717, 1.165) is 28.5 Å². The minimum Gasteiger partial charge on any atom is -0.378 e. The maximum absolute atomic E-state index is 12.9. The number of carbonyl (C=O) groups is 1. The van der Waals surface area contributed by atoms with Gasteiger partial charge in [0.25, 0.3) is 5.91 Å². The number of aryl methyl sites for hydroxylation is 1. The zero-order valence-electron chi connectivity index (χ0n) is 13.0. The molecule has 3 heterocycles. The lowest BCUT2D eigenvalue weighted by atomic mass is 10.00. The zero-order valence-corrected chi connectivity index (χ0v) is 14.7. The van der Waals surface area contributed by atoms with Crippen molar-refractivity contribution in [3.8, 4) is 0 Å². The third-order valence-electron chi connectivity index (χ3n) is 4.15. The first-order valence-electron chi connectivity index (χ1n) is 7.38. The molecule has 0 radical (unpaired) electrons. The molecule has 1 saturated heterocycles. The molecule has 0 aromatic carbocycles. The number of thiazole rings is 1. The van der Waals surface area contributed by atoms with Crippen LogP contribution in [-0.2, 0) is 11.3 Å². The highest BCUT2D eigenvalue weighted by atomic mass is 32.1. The van der Waals surface area contributed by atoms with Crippen molar-refractivity contribution in [2.75, 3.05) is 13.7 Å². The maximum atomic E-state index is 12.9. The molecule has 2 aromatic rings. The van der Waals surface area contributed by atoms with E-state index in [1.807, 2.05) is 11.8 Å². The van der Waals surface area contributed by atoms with Gasteiger partial charge in [-0.1, -0.05) is 0 Å². The van der Waals surface area contributed by atoms with Crippen molar-refractivity contribution < 1.29 is 9.53 Å². The fourth-order valence-corrected chi connectivity index (χ4v) is 4.76. The van der Waals surface area contributed by atoms with Crippen molar-refractivity contribution in [1.82, 2.24) is 9.88 Å². The summed E-state index contributed by atoms with van der Waals surface area (Å²) in [7, 11) is 1.65. The second-order valence-corrected chi connectivity index (χ2v) is 7.61. The minimum absolute atomic E-state index is 0.114. The third kappa shape index (κ3) is 2.95. The van der Waals surface area contributed by atoms with E-state index in [1.165, 1.54) is 16.9 Å². The van der Waals surface area contributed by atoms with Gasteiger partial charge in [-0.25, -0.2) is 4.98 Å². The van der Waals surface area contributed by atoms with E-state index in [1.54, 1.807) is 18.4 Å². The molecule has 22 heavy (non-hydrogen) atoms. The van der Waals surface area contributed by atoms with Crippen LogP contribution in [0.1, 0.15) is 45.2 Å². The molecule has 2 atom stereocenters. The zero-order chi connectivity index (χ0) is 15.7. The fraction of sp³-hybridized carbons (Fsp3) is 0.500. The largest absolute Gasteiger partial charge is 0.378 e. The second kappa shape index (κ2) is 6.48. The minimum atomic E-state index is 0.114. The third-order valence-corrected chi connectivity index (χ3v) is 5.97. The lowest BCUT2D eigenvalue weighted by Crippen LogP contribution is -2.33. The highest BCUT2D eigenvalue weighted by molar-refractivity contribution is 7.13. The van der Waals surface area contributed by atoms with Crippen LogP contribution >= 0.6 is 22.7 Å². The number of likely N-dealkylation sites (tertiary alicyclic amines) is 1. The van der Waals surface area contributed by atoms with Crippen LogP contribution < -0.4 is 0 Å². The Hall–Kier alpha value is -1.24. The number of methoxy groups -OCH3 is 1. The number of amides is 1. The SMILES string of the molecule is COCc1nc(C)c(C(=O)N2C[C@H](c3ccsc3)C[C@H]2C)s1. The van der Waals surface area contributed by atoms with Crippen LogP contribution in [0.25, 0.3) is 0 Å². The predicted molar refractivity (Wildman–Crippen MR) is 89.7 cm³/mol. The number of hydrogen-bond donors (Lipinski definition) is 0. The molecule has 4 nitrogen and oxygen atoms in total. The van der Waals surface area contributed by atoms with E-state index < -0.39 is 0 Å². The normalized spacial score (nSPS) is 21.5. The van der Waals surface area contributed by atoms with Gasteiger partial charge in [0.2, 0.25) is 0 Å². The van der Waals surface area contributed by atoms with Crippen molar-refractivity contribution >= 4 is 28.6 Å². The number of carbonyl (C=O) groups excluding carboxylic acids is 1. The van der Waals surface area contributed by atoms with Gasteiger partial charge in [-0.2, -0.15) is 11.3 Å². The van der Waals surface area contributed by atoms with Crippen LogP contribution in [0.5, 0.6) is 0 Å². The molecular formula is C16H20N2O2S2. The topological polar surface area (TPSA) is 42.4 Å². The highest BCUT2D eigenvalue weighted by Crippen LogP contribution is 2.34. The van der Waals surface area contributed by atoms with Gasteiger partial charge in [0.1, 0.15) is 9.88 Å². The number of hydrogen-bond acceptors (Lipinski definition) is 5. The van der Waals surface area contributed by atoms with E-state index in [-0.39, 0.29) is 11.9 Å². The van der Waals surface area contributed by atoms with Gasteiger partial charge in [0, 0.05) is 25.6 Å². The summed E-state index contributed by atoms with van der Waals surface area (Å²) in [5.41, 5.74) is 2.17. The molecule has 0 aliphatic carbocycles. The maximum Gasteiger partial charge on any atom is 0.266 e. The van der Waals surface area contributed by atoms with Crippen LogP contribution in [0.4, 0.5) is 0 Å². The van der Waals surface area contributed by atoms with Crippen molar-refractivity contribution in [2.45, 2.75) is 38.8 Å². The summed E-state index contributed by atoms with van der Waals surface area (Å²) < 4.78 is 5.11. The van der Waals surface area contributed by atoms with Crippen LogP contribution in [0.2, 0.25) is 0 Å². The molecule has 1 aliphatic rings. The Balaban J connectivity index is 1.77. The smallest absolute Gasteiger partial charge is 0.266 e. The molecule has 1 amide bonds. The molecule has 3 rings (SSSR count). The van der Waals surface area contributed by atoms with E-state index >= 15 is 0 Å². The summed E-state index contributed by atoms with van der Waals surface area (Å²) >= 11 is 3.17. The number of ether oxygens (including phenoxy) is 1. The number of nitrogens with zero attached hydrogens (tertiary/aromatic N) is 2. The quantitative estimate of drug-likeness (QED) is 0.855. The Morgan fingerprint density at radius 1 is 1.55 bits per heavy atom. The first-order chi connectivity index (χ1) is 10.6. The molecule has 0 unspecified atom stereocenters.